The highest BCUT2D eigenvalue weighted by Gasteiger charge is 2.22. The van der Waals surface area contributed by atoms with E-state index in [4.69, 9.17) is 4.42 Å². The Hall–Kier alpha value is -2.85. The molecule has 4 nitrogen and oxygen atoms in total. The summed E-state index contributed by atoms with van der Waals surface area (Å²) in [4.78, 5) is 12.6. The van der Waals surface area contributed by atoms with Crippen molar-refractivity contribution >= 4 is 11.6 Å². The van der Waals surface area contributed by atoms with E-state index in [1.54, 1.807) is 6.26 Å². The molecule has 1 amide bonds. The van der Waals surface area contributed by atoms with E-state index in [0.717, 1.165) is 22.6 Å². The molecule has 2 aromatic carbocycles. The molecule has 0 aliphatic carbocycles. The lowest BCUT2D eigenvalue weighted by Crippen LogP contribution is -2.40. The first kappa shape index (κ1) is 17.0. The van der Waals surface area contributed by atoms with E-state index in [9.17, 15) is 4.79 Å². The number of nitrogens with one attached hydrogen (secondary N) is 2. The maximum Gasteiger partial charge on any atom is 0.241 e. The van der Waals surface area contributed by atoms with Crippen molar-refractivity contribution < 1.29 is 9.21 Å². The highest BCUT2D eigenvalue weighted by molar-refractivity contribution is 5.94. The predicted molar refractivity (Wildman–Crippen MR) is 99.4 cm³/mol. The lowest BCUT2D eigenvalue weighted by molar-refractivity contribution is -0.117. The molecule has 2 N–H and O–H groups in total. The molecule has 0 bridgehead atoms. The summed E-state index contributed by atoms with van der Waals surface area (Å²) in [6.07, 6.45) is 1.64. The van der Waals surface area contributed by atoms with Gasteiger partial charge in [-0.2, -0.15) is 0 Å². The molecule has 0 saturated carbocycles. The fraction of sp³-hybridized carbons (Fsp3) is 0.190. The molecular formula is C21H22N2O2. The summed E-state index contributed by atoms with van der Waals surface area (Å²) in [6, 6.07) is 20.9. The number of carbonyl (C=O) groups is 1. The molecule has 0 unspecified atom stereocenters. The van der Waals surface area contributed by atoms with E-state index in [2.05, 4.69) is 10.6 Å². The number of benzene rings is 2. The van der Waals surface area contributed by atoms with Gasteiger partial charge in [0.1, 0.15) is 5.76 Å². The third kappa shape index (κ3) is 4.37. The highest BCUT2D eigenvalue weighted by Crippen LogP contribution is 2.23. The van der Waals surface area contributed by atoms with Gasteiger partial charge in [0.15, 0.2) is 0 Å². The van der Waals surface area contributed by atoms with Crippen molar-refractivity contribution in [2.24, 2.45) is 0 Å². The van der Waals surface area contributed by atoms with Gasteiger partial charge in [-0.25, -0.2) is 0 Å². The number of hydrogen-bond acceptors (Lipinski definition) is 3. The van der Waals surface area contributed by atoms with Gasteiger partial charge in [0, 0.05) is 5.69 Å². The largest absolute Gasteiger partial charge is 0.467 e. The van der Waals surface area contributed by atoms with Gasteiger partial charge in [0.2, 0.25) is 5.91 Å². The minimum atomic E-state index is -0.393. The van der Waals surface area contributed by atoms with Crippen LogP contribution in [-0.4, -0.2) is 11.9 Å². The first-order valence-electron chi connectivity index (χ1n) is 8.35. The van der Waals surface area contributed by atoms with E-state index < -0.39 is 6.04 Å². The quantitative estimate of drug-likeness (QED) is 0.707. The Balaban J connectivity index is 1.74. The number of amides is 1. The second-order valence-electron chi connectivity index (χ2n) is 6.11. The number of hydrogen-bond donors (Lipinski definition) is 2. The topological polar surface area (TPSA) is 54.3 Å². The monoisotopic (exact) mass is 334 g/mol. The Labute approximate surface area is 147 Å². The molecule has 0 radical (unpaired) electrons. The van der Waals surface area contributed by atoms with Crippen molar-refractivity contribution in [3.63, 3.8) is 0 Å². The predicted octanol–water partition coefficient (Wildman–Crippen LogP) is 4.29. The van der Waals surface area contributed by atoms with Crippen LogP contribution < -0.4 is 10.6 Å². The molecule has 3 rings (SSSR count). The molecule has 0 spiro atoms. The van der Waals surface area contributed by atoms with Crippen LogP contribution in [0.25, 0.3) is 0 Å². The van der Waals surface area contributed by atoms with Gasteiger partial charge in [-0.3, -0.25) is 10.1 Å². The van der Waals surface area contributed by atoms with Gasteiger partial charge >= 0.3 is 0 Å². The minimum Gasteiger partial charge on any atom is -0.467 e. The number of rotatable bonds is 6. The van der Waals surface area contributed by atoms with E-state index >= 15 is 0 Å². The lowest BCUT2D eigenvalue weighted by atomic mass is 10.0. The average molecular weight is 334 g/mol. The van der Waals surface area contributed by atoms with Gasteiger partial charge in [-0.05, 0) is 49.2 Å². The fourth-order valence-corrected chi connectivity index (χ4v) is 2.74. The van der Waals surface area contributed by atoms with E-state index in [-0.39, 0.29) is 11.9 Å². The summed E-state index contributed by atoms with van der Waals surface area (Å²) in [7, 11) is 0. The summed E-state index contributed by atoms with van der Waals surface area (Å²) in [5.74, 6) is 0.694. The van der Waals surface area contributed by atoms with Gasteiger partial charge in [0.05, 0.1) is 18.3 Å². The molecule has 0 saturated heterocycles. The maximum absolute atomic E-state index is 12.6. The molecule has 1 heterocycles. The molecule has 0 aliphatic rings. The third-order valence-electron chi connectivity index (χ3n) is 4.06. The zero-order valence-corrected chi connectivity index (χ0v) is 14.4. The van der Waals surface area contributed by atoms with Crippen LogP contribution in [0, 0.1) is 6.92 Å². The summed E-state index contributed by atoms with van der Waals surface area (Å²) < 4.78 is 5.57. The average Bonchev–Trinajstić information content (AvgIpc) is 3.14. The van der Waals surface area contributed by atoms with E-state index in [1.807, 2.05) is 80.6 Å². The van der Waals surface area contributed by atoms with Gasteiger partial charge < -0.3 is 9.73 Å². The van der Waals surface area contributed by atoms with Crippen molar-refractivity contribution in [2.75, 3.05) is 5.32 Å². The molecule has 4 heteroatoms. The third-order valence-corrected chi connectivity index (χ3v) is 4.06. The van der Waals surface area contributed by atoms with Crippen molar-refractivity contribution in [1.29, 1.82) is 0 Å². The highest BCUT2D eigenvalue weighted by atomic mass is 16.3. The SMILES string of the molecule is Cc1cccc(NC(=O)[C@H](C)N[C@@H](c2ccccc2)c2ccco2)c1. The zero-order valence-electron chi connectivity index (χ0n) is 14.4. The van der Waals surface area contributed by atoms with Gasteiger partial charge in [-0.1, -0.05) is 42.5 Å². The second kappa shape index (κ2) is 7.81. The molecule has 0 fully saturated rings. The Morgan fingerprint density at radius 2 is 1.80 bits per heavy atom. The number of furan rings is 1. The standard InChI is InChI=1S/C21H22N2O2/c1-15-8-6-11-18(14-15)23-21(24)16(2)22-20(19-12-7-13-25-19)17-9-4-3-5-10-17/h3-14,16,20,22H,1-2H3,(H,23,24)/t16-,20-/m0/s1. The lowest BCUT2D eigenvalue weighted by Gasteiger charge is -2.22. The summed E-state index contributed by atoms with van der Waals surface area (Å²) in [5.41, 5.74) is 2.96. The molecular weight excluding hydrogens is 312 g/mol. The Kier molecular flexibility index (Phi) is 5.31. The summed E-state index contributed by atoms with van der Waals surface area (Å²) >= 11 is 0. The van der Waals surface area contributed by atoms with Crippen LogP contribution in [0.2, 0.25) is 0 Å². The van der Waals surface area contributed by atoms with Crippen LogP contribution in [0.4, 0.5) is 5.69 Å². The van der Waals surface area contributed by atoms with Crippen LogP contribution in [0.1, 0.15) is 29.9 Å². The van der Waals surface area contributed by atoms with Crippen LogP contribution in [0.15, 0.2) is 77.4 Å². The van der Waals surface area contributed by atoms with E-state index in [1.165, 1.54) is 0 Å². The maximum atomic E-state index is 12.6. The molecule has 2 atom stereocenters. The molecule has 0 aliphatic heterocycles. The Morgan fingerprint density at radius 1 is 1.00 bits per heavy atom. The fourth-order valence-electron chi connectivity index (χ4n) is 2.74. The van der Waals surface area contributed by atoms with Crippen LogP contribution >= 0.6 is 0 Å². The Bertz CT molecular complexity index is 813. The number of carbonyl (C=O) groups excluding carboxylic acids is 1. The van der Waals surface area contributed by atoms with Crippen molar-refractivity contribution in [1.82, 2.24) is 5.32 Å². The molecule has 25 heavy (non-hydrogen) atoms. The van der Waals surface area contributed by atoms with Crippen molar-refractivity contribution in [3.8, 4) is 0 Å². The number of aryl methyl sites for hydroxylation is 1. The zero-order chi connectivity index (χ0) is 17.6. The first-order valence-corrected chi connectivity index (χ1v) is 8.35. The summed E-state index contributed by atoms with van der Waals surface area (Å²) in [6.45, 7) is 3.85. The molecule has 1 aromatic heterocycles. The molecule has 128 valence electrons. The van der Waals surface area contributed by atoms with Crippen LogP contribution in [-0.2, 0) is 4.79 Å². The van der Waals surface area contributed by atoms with Crippen molar-refractivity contribution in [3.05, 3.63) is 89.9 Å². The smallest absolute Gasteiger partial charge is 0.241 e. The second-order valence-corrected chi connectivity index (χ2v) is 6.11. The van der Waals surface area contributed by atoms with Crippen LogP contribution in [0.5, 0.6) is 0 Å². The van der Waals surface area contributed by atoms with Gasteiger partial charge in [0.25, 0.3) is 0 Å². The Morgan fingerprint density at radius 3 is 2.48 bits per heavy atom. The normalized spacial score (nSPS) is 13.2. The van der Waals surface area contributed by atoms with Crippen molar-refractivity contribution in [2.45, 2.75) is 25.9 Å². The van der Waals surface area contributed by atoms with Crippen LogP contribution in [0.3, 0.4) is 0 Å². The minimum absolute atomic E-state index is 0.0851. The first-order chi connectivity index (χ1) is 12.1. The number of anilines is 1. The van der Waals surface area contributed by atoms with E-state index in [0.29, 0.717) is 0 Å². The van der Waals surface area contributed by atoms with Gasteiger partial charge in [-0.15, -0.1) is 0 Å². The molecule has 3 aromatic rings. The summed E-state index contributed by atoms with van der Waals surface area (Å²) in [5, 5.41) is 6.32.